The Morgan fingerprint density at radius 2 is 0.958 bits per heavy atom. The molecule has 0 unspecified atom stereocenters. The molecule has 0 aliphatic heterocycles. The van der Waals surface area contributed by atoms with Crippen LogP contribution in [0.3, 0.4) is 0 Å². The van der Waals surface area contributed by atoms with Crippen LogP contribution < -0.4 is 0 Å². The van der Waals surface area contributed by atoms with Crippen LogP contribution in [0.5, 0.6) is 0 Å². The number of nitrogens with zero attached hydrogens (tertiary/aromatic N) is 4. The fraction of sp³-hybridized carbons (Fsp3) is 0. The molecule has 48 heavy (non-hydrogen) atoms. The summed E-state index contributed by atoms with van der Waals surface area (Å²) in [7, 11) is 0. The Bertz CT molecular complexity index is 2760. The molecule has 0 radical (unpaired) electrons. The second-order valence-corrected chi connectivity index (χ2v) is 13.1. The highest BCUT2D eigenvalue weighted by Gasteiger charge is 2.23. The normalized spacial score (nSPS) is 11.8. The molecule has 0 saturated carbocycles. The van der Waals surface area contributed by atoms with Crippen molar-refractivity contribution in [2.45, 2.75) is 0 Å². The Balaban J connectivity index is 1.34. The first-order valence-electron chi connectivity index (χ1n) is 16.0. The third-order valence-corrected chi connectivity index (χ3v) is 10.4. The summed E-state index contributed by atoms with van der Waals surface area (Å²) in [5, 5.41) is 7.51. The number of para-hydroxylation sites is 1. The quantitative estimate of drug-likeness (QED) is 0.194. The summed E-state index contributed by atoms with van der Waals surface area (Å²) in [5.41, 5.74) is 6.37. The minimum atomic E-state index is 0.650. The Labute approximate surface area is 280 Å². The molecule has 0 spiro atoms. The highest BCUT2D eigenvalue weighted by molar-refractivity contribution is 7.27. The predicted octanol–water partition coefficient (Wildman–Crippen LogP) is 11.5. The predicted molar refractivity (Wildman–Crippen MR) is 201 cm³/mol. The van der Waals surface area contributed by atoms with Crippen molar-refractivity contribution in [3.8, 4) is 39.9 Å². The lowest BCUT2D eigenvalue weighted by molar-refractivity contribution is 1.07. The van der Waals surface area contributed by atoms with Crippen molar-refractivity contribution in [1.29, 1.82) is 0 Å². The van der Waals surface area contributed by atoms with Crippen LogP contribution in [0.4, 0.5) is 0 Å². The molecule has 0 N–H and O–H groups in total. The lowest BCUT2D eigenvalue weighted by Crippen LogP contribution is -2.00. The van der Waals surface area contributed by atoms with E-state index in [-0.39, 0.29) is 0 Å². The zero-order valence-electron chi connectivity index (χ0n) is 25.7. The van der Waals surface area contributed by atoms with E-state index in [2.05, 4.69) is 102 Å². The maximum atomic E-state index is 5.07. The van der Waals surface area contributed by atoms with Gasteiger partial charge in [-0.2, -0.15) is 0 Å². The summed E-state index contributed by atoms with van der Waals surface area (Å²) in [4.78, 5) is 15.1. The summed E-state index contributed by atoms with van der Waals surface area (Å²) in [6, 6.07) is 55.3. The van der Waals surface area contributed by atoms with Crippen molar-refractivity contribution in [2.75, 3.05) is 0 Å². The summed E-state index contributed by atoms with van der Waals surface area (Å²) in [6.07, 6.45) is 0. The largest absolute Gasteiger partial charge is 0.309 e. The van der Waals surface area contributed by atoms with Crippen LogP contribution in [0.1, 0.15) is 0 Å². The average molecular weight is 631 g/mol. The number of hydrogen-bond acceptors (Lipinski definition) is 4. The van der Waals surface area contributed by atoms with Crippen LogP contribution in [0, 0.1) is 0 Å². The van der Waals surface area contributed by atoms with Crippen molar-refractivity contribution < 1.29 is 0 Å². The monoisotopic (exact) mass is 630 g/mol. The van der Waals surface area contributed by atoms with Crippen LogP contribution in [-0.2, 0) is 0 Å². The smallest absolute Gasteiger partial charge is 0.164 e. The van der Waals surface area contributed by atoms with Crippen LogP contribution in [0.2, 0.25) is 0 Å². The maximum Gasteiger partial charge on any atom is 0.164 e. The highest BCUT2D eigenvalue weighted by atomic mass is 32.1. The molecular formula is C43H26N4S. The van der Waals surface area contributed by atoms with Gasteiger partial charge in [0.05, 0.1) is 11.0 Å². The molecule has 224 valence electrons. The molecule has 7 aromatic carbocycles. The van der Waals surface area contributed by atoms with Gasteiger partial charge in [-0.25, -0.2) is 15.0 Å². The Hall–Kier alpha value is -6.17. The van der Waals surface area contributed by atoms with E-state index in [1.165, 1.54) is 47.2 Å². The molecule has 10 aromatic rings. The van der Waals surface area contributed by atoms with Crippen molar-refractivity contribution in [1.82, 2.24) is 19.5 Å². The first-order chi connectivity index (χ1) is 23.8. The third kappa shape index (κ3) is 4.11. The highest BCUT2D eigenvalue weighted by Crippen LogP contribution is 2.48. The number of hydrogen-bond donors (Lipinski definition) is 0. The van der Waals surface area contributed by atoms with Gasteiger partial charge in [-0.15, -0.1) is 11.3 Å². The number of aromatic nitrogens is 4. The number of benzene rings is 7. The lowest BCUT2D eigenvalue weighted by atomic mass is 9.99. The minimum absolute atomic E-state index is 0.650. The molecule has 0 atom stereocenters. The Kier molecular flexibility index (Phi) is 6.01. The second kappa shape index (κ2) is 10.7. The molecular weight excluding hydrogens is 605 g/mol. The van der Waals surface area contributed by atoms with Gasteiger partial charge in [-0.05, 0) is 41.8 Å². The number of thiophene rings is 1. The third-order valence-electron chi connectivity index (χ3n) is 9.21. The fourth-order valence-electron chi connectivity index (χ4n) is 7.09. The summed E-state index contributed by atoms with van der Waals surface area (Å²) >= 11 is 1.88. The molecule has 0 aliphatic rings. The molecule has 3 heterocycles. The van der Waals surface area contributed by atoms with E-state index in [1.807, 2.05) is 72.0 Å². The van der Waals surface area contributed by atoms with E-state index in [1.54, 1.807) is 0 Å². The van der Waals surface area contributed by atoms with Crippen LogP contribution in [0.15, 0.2) is 158 Å². The summed E-state index contributed by atoms with van der Waals surface area (Å²) in [5.74, 6) is 1.96. The zero-order chi connectivity index (χ0) is 31.6. The van der Waals surface area contributed by atoms with Gasteiger partial charge in [0.25, 0.3) is 0 Å². The van der Waals surface area contributed by atoms with Gasteiger partial charge in [0.2, 0.25) is 0 Å². The topological polar surface area (TPSA) is 43.6 Å². The van der Waals surface area contributed by atoms with Gasteiger partial charge in [0, 0.05) is 58.7 Å². The molecule has 0 saturated heterocycles. The van der Waals surface area contributed by atoms with Gasteiger partial charge in [-0.3, -0.25) is 0 Å². The van der Waals surface area contributed by atoms with E-state index in [0.717, 1.165) is 27.9 Å². The van der Waals surface area contributed by atoms with Gasteiger partial charge < -0.3 is 4.57 Å². The standard InChI is InChI=1S/C43H26N4S/c1-4-14-27(15-5-1)41-44-42(28-16-6-2-7-17-28)46-43(45-41)29-24-25-35-34(26-29)37-31-20-10-11-21-32(31)40-38(33-22-12-13-23-36(33)48-40)39(37)47(35)30-18-8-3-9-19-30/h1-26H. The molecule has 0 fully saturated rings. The van der Waals surface area contributed by atoms with E-state index >= 15 is 0 Å². The van der Waals surface area contributed by atoms with Crippen LogP contribution in [-0.4, -0.2) is 19.5 Å². The van der Waals surface area contributed by atoms with Crippen molar-refractivity contribution in [3.63, 3.8) is 0 Å². The molecule has 0 aliphatic carbocycles. The van der Waals surface area contributed by atoms with Crippen LogP contribution in [0.25, 0.3) is 92.6 Å². The summed E-state index contributed by atoms with van der Waals surface area (Å²) in [6.45, 7) is 0. The van der Waals surface area contributed by atoms with Crippen molar-refractivity contribution in [2.24, 2.45) is 0 Å². The van der Waals surface area contributed by atoms with E-state index in [0.29, 0.717) is 17.5 Å². The zero-order valence-corrected chi connectivity index (χ0v) is 26.5. The molecule has 3 aromatic heterocycles. The van der Waals surface area contributed by atoms with Crippen molar-refractivity contribution >= 4 is 64.1 Å². The van der Waals surface area contributed by atoms with Gasteiger partial charge in [0.15, 0.2) is 17.5 Å². The number of fused-ring (bicyclic) bond motifs is 10. The van der Waals surface area contributed by atoms with Crippen LogP contribution >= 0.6 is 11.3 Å². The van der Waals surface area contributed by atoms with Gasteiger partial charge >= 0.3 is 0 Å². The first kappa shape index (κ1) is 27.0. The van der Waals surface area contributed by atoms with Crippen molar-refractivity contribution in [3.05, 3.63) is 158 Å². The first-order valence-corrected chi connectivity index (χ1v) is 16.9. The SMILES string of the molecule is c1ccc(-c2nc(-c3ccccc3)nc(-c3ccc4c(c3)c3c5ccccc5c5sc6ccccc6c5c3n4-c3ccccc3)n2)cc1. The summed E-state index contributed by atoms with van der Waals surface area (Å²) < 4.78 is 5.06. The average Bonchev–Trinajstić information content (AvgIpc) is 3.72. The molecule has 4 nitrogen and oxygen atoms in total. The second-order valence-electron chi connectivity index (χ2n) is 12.0. The van der Waals surface area contributed by atoms with E-state index in [4.69, 9.17) is 15.0 Å². The van der Waals surface area contributed by atoms with Gasteiger partial charge in [0.1, 0.15) is 0 Å². The maximum absolute atomic E-state index is 5.07. The van der Waals surface area contributed by atoms with Gasteiger partial charge in [-0.1, -0.05) is 121 Å². The number of rotatable bonds is 4. The Morgan fingerprint density at radius 3 is 1.62 bits per heavy atom. The Morgan fingerprint density at radius 1 is 0.417 bits per heavy atom. The molecule has 0 bridgehead atoms. The fourth-order valence-corrected chi connectivity index (χ4v) is 8.34. The minimum Gasteiger partial charge on any atom is -0.309 e. The van der Waals surface area contributed by atoms with E-state index < -0.39 is 0 Å². The van der Waals surface area contributed by atoms with E-state index in [9.17, 15) is 0 Å². The molecule has 0 amide bonds. The molecule has 10 rings (SSSR count). The molecule has 5 heteroatoms. The lowest BCUT2D eigenvalue weighted by Gasteiger charge is -2.10.